The quantitative estimate of drug-likeness (QED) is 0.672. The number of benzene rings is 1. The van der Waals surface area contributed by atoms with Gasteiger partial charge in [-0.25, -0.2) is 13.8 Å². The first-order chi connectivity index (χ1) is 14.4. The van der Waals surface area contributed by atoms with E-state index in [0.29, 0.717) is 18.4 Å². The van der Waals surface area contributed by atoms with E-state index in [1.165, 1.54) is 25.3 Å². The van der Waals surface area contributed by atoms with Crippen molar-refractivity contribution >= 4 is 29.2 Å². The summed E-state index contributed by atoms with van der Waals surface area (Å²) < 4.78 is 33.0. The summed E-state index contributed by atoms with van der Waals surface area (Å²) in [5, 5.41) is 5.53. The molecule has 1 aliphatic rings. The van der Waals surface area contributed by atoms with Crippen molar-refractivity contribution in [2.75, 3.05) is 18.3 Å². The third kappa shape index (κ3) is 5.24. The maximum atomic E-state index is 14.4. The number of pyridine rings is 1. The van der Waals surface area contributed by atoms with Gasteiger partial charge in [0.25, 0.3) is 0 Å². The highest BCUT2D eigenvalue weighted by Gasteiger charge is 2.28. The number of nitrogens with one attached hydrogen (secondary N) is 2. The summed E-state index contributed by atoms with van der Waals surface area (Å²) in [6.07, 6.45) is 3.75. The monoisotopic (exact) mass is 437 g/mol. The molecule has 2 N–H and O–H groups in total. The number of halogens is 3. The van der Waals surface area contributed by atoms with Gasteiger partial charge >= 0.3 is 0 Å². The van der Waals surface area contributed by atoms with Crippen LogP contribution in [0.15, 0.2) is 30.5 Å². The van der Waals surface area contributed by atoms with E-state index in [9.17, 15) is 18.4 Å². The minimum Gasteiger partial charge on any atom is -0.496 e. The molecule has 0 aliphatic heterocycles. The average Bonchev–Trinajstić information content (AvgIpc) is 2.75. The Bertz CT molecular complexity index is 942. The lowest BCUT2D eigenvalue weighted by atomic mass is 9.85. The van der Waals surface area contributed by atoms with Crippen LogP contribution in [0, 0.1) is 17.6 Å². The number of nitrogens with zero attached hydrogens (tertiary/aromatic N) is 1. The van der Waals surface area contributed by atoms with Gasteiger partial charge < -0.3 is 15.4 Å². The Kier molecular flexibility index (Phi) is 7.20. The smallest absolute Gasteiger partial charge is 0.235 e. The molecule has 1 aliphatic carbocycles. The highest BCUT2D eigenvalue weighted by molar-refractivity contribution is 6.27. The van der Waals surface area contributed by atoms with E-state index in [2.05, 4.69) is 15.6 Å². The van der Waals surface area contributed by atoms with Crippen molar-refractivity contribution in [2.45, 2.75) is 31.7 Å². The molecule has 0 bridgehead atoms. The van der Waals surface area contributed by atoms with Gasteiger partial charge in [0.05, 0.1) is 13.3 Å². The summed E-state index contributed by atoms with van der Waals surface area (Å²) in [7, 11) is 1.36. The molecule has 1 heterocycles. The third-order valence-corrected chi connectivity index (χ3v) is 5.33. The molecule has 2 amide bonds. The Morgan fingerprint density at radius 1 is 1.23 bits per heavy atom. The van der Waals surface area contributed by atoms with Crippen LogP contribution >= 0.6 is 11.6 Å². The van der Waals surface area contributed by atoms with Crippen LogP contribution in [0.2, 0.25) is 0 Å². The molecule has 1 fully saturated rings. The van der Waals surface area contributed by atoms with Gasteiger partial charge in [-0.05, 0) is 37.5 Å². The van der Waals surface area contributed by atoms with Crippen molar-refractivity contribution in [3.05, 3.63) is 42.1 Å². The molecule has 0 saturated heterocycles. The van der Waals surface area contributed by atoms with E-state index in [0.717, 1.165) is 25.1 Å². The topological polar surface area (TPSA) is 80.3 Å². The molecule has 0 unspecified atom stereocenters. The van der Waals surface area contributed by atoms with Crippen LogP contribution < -0.4 is 15.4 Å². The predicted octanol–water partition coefficient (Wildman–Crippen LogP) is 3.89. The van der Waals surface area contributed by atoms with E-state index in [4.69, 9.17) is 16.3 Å². The summed E-state index contributed by atoms with van der Waals surface area (Å²) >= 11 is 5.53. The summed E-state index contributed by atoms with van der Waals surface area (Å²) in [4.78, 5) is 28.2. The summed E-state index contributed by atoms with van der Waals surface area (Å²) in [5.74, 6) is -1.74. The first-order valence-electron chi connectivity index (χ1n) is 9.57. The minimum absolute atomic E-state index is 0.110. The number of anilines is 1. The molecule has 3 rings (SSSR count). The molecule has 1 aromatic heterocycles. The van der Waals surface area contributed by atoms with Crippen molar-refractivity contribution in [1.29, 1.82) is 0 Å². The van der Waals surface area contributed by atoms with E-state index < -0.39 is 11.6 Å². The van der Waals surface area contributed by atoms with Crippen LogP contribution in [-0.4, -0.2) is 35.8 Å². The number of methoxy groups -OCH3 is 1. The lowest BCUT2D eigenvalue weighted by Crippen LogP contribution is -2.41. The van der Waals surface area contributed by atoms with Gasteiger partial charge in [0.1, 0.15) is 29.1 Å². The van der Waals surface area contributed by atoms with Crippen molar-refractivity contribution < 1.29 is 23.1 Å². The maximum Gasteiger partial charge on any atom is 0.235 e. The fourth-order valence-corrected chi connectivity index (χ4v) is 3.73. The second-order valence-corrected chi connectivity index (χ2v) is 7.41. The molecular formula is C21H22ClF2N3O3. The number of carbonyl (C=O) groups is 2. The third-order valence-electron chi connectivity index (χ3n) is 5.09. The van der Waals surface area contributed by atoms with Crippen LogP contribution in [0.3, 0.4) is 0 Å². The van der Waals surface area contributed by atoms with Crippen LogP contribution in [0.1, 0.15) is 25.7 Å². The average molecular weight is 438 g/mol. The lowest BCUT2D eigenvalue weighted by Gasteiger charge is -2.28. The van der Waals surface area contributed by atoms with Gasteiger partial charge in [-0.15, -0.1) is 11.6 Å². The Labute approximate surface area is 178 Å². The summed E-state index contributed by atoms with van der Waals surface area (Å²) in [6.45, 7) is 0. The molecule has 6 nitrogen and oxygen atoms in total. The zero-order valence-corrected chi connectivity index (χ0v) is 17.1. The van der Waals surface area contributed by atoms with E-state index in [-0.39, 0.29) is 46.8 Å². The molecule has 1 aromatic carbocycles. The van der Waals surface area contributed by atoms with Crippen LogP contribution in [0.5, 0.6) is 5.75 Å². The highest BCUT2D eigenvalue weighted by Crippen LogP contribution is 2.33. The lowest BCUT2D eigenvalue weighted by molar-refractivity contribution is -0.123. The van der Waals surface area contributed by atoms with Crippen molar-refractivity contribution in [3.8, 4) is 16.9 Å². The summed E-state index contributed by atoms with van der Waals surface area (Å²) in [5.41, 5.74) is 0.476. The second-order valence-electron chi connectivity index (χ2n) is 7.14. The number of carbonyl (C=O) groups excluding carboxylic acids is 2. The molecule has 2 aromatic rings. The fourth-order valence-electron chi connectivity index (χ4n) is 3.65. The normalized spacial score (nSPS) is 18.5. The number of ether oxygens (including phenoxy) is 1. The van der Waals surface area contributed by atoms with Crippen molar-refractivity contribution in [3.63, 3.8) is 0 Å². The Balaban J connectivity index is 1.75. The van der Waals surface area contributed by atoms with E-state index >= 15 is 0 Å². The van der Waals surface area contributed by atoms with Crippen LogP contribution in [0.4, 0.5) is 14.6 Å². The number of rotatable bonds is 6. The molecule has 9 heteroatoms. The largest absolute Gasteiger partial charge is 0.496 e. The van der Waals surface area contributed by atoms with Gasteiger partial charge in [0.2, 0.25) is 11.8 Å². The summed E-state index contributed by atoms with van der Waals surface area (Å²) in [6, 6.07) is 5.04. The molecule has 2 atom stereocenters. The first-order valence-corrected chi connectivity index (χ1v) is 10.1. The number of hydrogen-bond donors (Lipinski definition) is 2. The number of hydrogen-bond acceptors (Lipinski definition) is 4. The van der Waals surface area contributed by atoms with Crippen molar-refractivity contribution in [2.24, 2.45) is 5.92 Å². The predicted molar refractivity (Wildman–Crippen MR) is 109 cm³/mol. The standard InChI is InChI=1S/C21H22ClF2N3O3/c1-30-18-8-13(23)5-6-15(18)16-9-19(25-11-17(16)24)27-21(29)12-3-2-4-14(7-12)26-20(28)10-22/h5-6,8-9,11-12,14H,2-4,7,10H2,1H3,(H,26,28)(H,25,27,29)/t12-,14+/m0/s1. The highest BCUT2D eigenvalue weighted by atomic mass is 35.5. The van der Waals surface area contributed by atoms with Gasteiger partial charge in [0, 0.05) is 29.2 Å². The fraction of sp³-hybridized carbons (Fsp3) is 0.381. The molecule has 160 valence electrons. The van der Waals surface area contributed by atoms with Crippen LogP contribution in [0.25, 0.3) is 11.1 Å². The zero-order chi connectivity index (χ0) is 21.7. The Morgan fingerprint density at radius 2 is 2.03 bits per heavy atom. The number of alkyl halides is 1. The van der Waals surface area contributed by atoms with Crippen molar-refractivity contribution in [1.82, 2.24) is 10.3 Å². The molecule has 1 saturated carbocycles. The number of aromatic nitrogens is 1. The Hall–Kier alpha value is -2.74. The molecular weight excluding hydrogens is 416 g/mol. The zero-order valence-electron chi connectivity index (χ0n) is 16.4. The Morgan fingerprint density at radius 3 is 2.77 bits per heavy atom. The second kappa shape index (κ2) is 9.84. The minimum atomic E-state index is -0.626. The molecule has 30 heavy (non-hydrogen) atoms. The molecule has 0 radical (unpaired) electrons. The van der Waals surface area contributed by atoms with Gasteiger partial charge in [-0.3, -0.25) is 9.59 Å². The number of amides is 2. The van der Waals surface area contributed by atoms with E-state index in [1.54, 1.807) is 0 Å². The first kappa shape index (κ1) is 22.0. The maximum absolute atomic E-state index is 14.4. The van der Waals surface area contributed by atoms with Crippen LogP contribution in [-0.2, 0) is 9.59 Å². The van der Waals surface area contributed by atoms with Gasteiger partial charge in [0.15, 0.2) is 0 Å². The van der Waals surface area contributed by atoms with Gasteiger partial charge in [-0.1, -0.05) is 6.42 Å². The SMILES string of the molecule is COc1cc(F)ccc1-c1cc(NC(=O)[C@H]2CCC[C@@H](NC(=O)CCl)C2)ncc1F. The van der Waals surface area contributed by atoms with Gasteiger partial charge in [-0.2, -0.15) is 0 Å². The van der Waals surface area contributed by atoms with E-state index in [1.807, 2.05) is 0 Å². The molecule has 0 spiro atoms.